The van der Waals surface area contributed by atoms with Crippen LogP contribution in [-0.4, -0.2) is 29.0 Å². The molecule has 1 heterocycles. The van der Waals surface area contributed by atoms with Crippen molar-refractivity contribution in [3.8, 4) is 5.75 Å². The molecule has 2 rings (SSSR count). The first-order valence-electron chi connectivity index (χ1n) is 5.51. The molecule has 1 fully saturated rings. The fraction of sp³-hybridized carbons (Fsp3) is 0.417. The van der Waals surface area contributed by atoms with Crippen LogP contribution >= 0.6 is 0 Å². The Morgan fingerprint density at radius 2 is 1.81 bits per heavy atom. The lowest BCUT2D eigenvalue weighted by Crippen LogP contribution is -2.35. The van der Waals surface area contributed by atoms with Crippen LogP contribution in [0, 0.1) is 0 Å². The molecule has 1 aromatic rings. The summed E-state index contributed by atoms with van der Waals surface area (Å²) >= 11 is 0. The molecule has 1 saturated heterocycles. The minimum atomic E-state index is -0.358. The van der Waals surface area contributed by atoms with Crippen LogP contribution in [0.2, 0.25) is 0 Å². The molecule has 4 heteroatoms. The summed E-state index contributed by atoms with van der Waals surface area (Å²) in [6, 6.07) is 6.32. The molecule has 0 spiro atoms. The Bertz CT molecular complexity index is 369. The molecular formula is C12H16N2O2. The first-order valence-corrected chi connectivity index (χ1v) is 5.51. The van der Waals surface area contributed by atoms with E-state index in [1.807, 2.05) is 0 Å². The Balaban J connectivity index is 2.24. The number of phenols is 1. The van der Waals surface area contributed by atoms with Crippen LogP contribution in [0.3, 0.4) is 0 Å². The summed E-state index contributed by atoms with van der Waals surface area (Å²) in [5, 5.41) is 9.21. The Morgan fingerprint density at radius 3 is 2.31 bits per heavy atom. The van der Waals surface area contributed by atoms with Crippen molar-refractivity contribution in [1.29, 1.82) is 0 Å². The second kappa shape index (κ2) is 4.53. The molecule has 0 radical (unpaired) electrons. The molecule has 0 bridgehead atoms. The van der Waals surface area contributed by atoms with Crippen LogP contribution in [0.25, 0.3) is 0 Å². The molecule has 0 aromatic heterocycles. The highest BCUT2D eigenvalue weighted by Crippen LogP contribution is 2.25. The Morgan fingerprint density at radius 1 is 1.25 bits per heavy atom. The van der Waals surface area contributed by atoms with Crippen LogP contribution in [0.5, 0.6) is 5.75 Å². The number of nitrogens with two attached hydrogens (primary N) is 1. The van der Waals surface area contributed by atoms with E-state index < -0.39 is 0 Å². The van der Waals surface area contributed by atoms with Crippen LogP contribution in [-0.2, 0) is 4.79 Å². The quantitative estimate of drug-likeness (QED) is 0.799. The first-order chi connectivity index (χ1) is 7.68. The number of carbonyl (C=O) groups is 1. The van der Waals surface area contributed by atoms with E-state index in [1.165, 1.54) is 0 Å². The minimum Gasteiger partial charge on any atom is -0.508 e. The van der Waals surface area contributed by atoms with E-state index in [0.717, 1.165) is 31.5 Å². The van der Waals surface area contributed by atoms with E-state index in [0.29, 0.717) is 0 Å². The molecule has 1 aliphatic heterocycles. The molecule has 1 amide bonds. The number of hydrogen-bond donors (Lipinski definition) is 2. The second-order valence-electron chi connectivity index (χ2n) is 4.14. The van der Waals surface area contributed by atoms with Gasteiger partial charge in [-0.1, -0.05) is 12.1 Å². The molecule has 86 valence electrons. The molecular weight excluding hydrogens is 204 g/mol. The lowest BCUT2D eigenvalue weighted by Gasteiger charge is -2.24. The fourth-order valence-electron chi connectivity index (χ4n) is 2.21. The molecule has 1 aliphatic rings. The molecule has 0 saturated carbocycles. The maximum atomic E-state index is 11.5. The highest BCUT2D eigenvalue weighted by atomic mass is 16.3. The van der Waals surface area contributed by atoms with Crippen molar-refractivity contribution in [2.75, 3.05) is 13.1 Å². The number of nitrogens with zero attached hydrogens (tertiary/aromatic N) is 1. The predicted molar refractivity (Wildman–Crippen MR) is 60.8 cm³/mol. The van der Waals surface area contributed by atoms with Gasteiger partial charge in [-0.15, -0.1) is 0 Å². The number of likely N-dealkylation sites (tertiary alicyclic amines) is 1. The van der Waals surface area contributed by atoms with Crippen LogP contribution in [0.1, 0.15) is 24.4 Å². The average Bonchev–Trinajstić information content (AvgIpc) is 2.74. The fourth-order valence-corrected chi connectivity index (χ4v) is 2.21. The third-order valence-corrected chi connectivity index (χ3v) is 2.98. The summed E-state index contributed by atoms with van der Waals surface area (Å²) in [6.07, 6.45) is 2.23. The van der Waals surface area contributed by atoms with E-state index in [4.69, 9.17) is 5.73 Å². The largest absolute Gasteiger partial charge is 0.508 e. The summed E-state index contributed by atoms with van der Waals surface area (Å²) < 4.78 is 0. The first kappa shape index (κ1) is 11.0. The van der Waals surface area contributed by atoms with Crippen molar-refractivity contribution in [2.24, 2.45) is 5.73 Å². The van der Waals surface area contributed by atoms with Crippen LogP contribution in [0.4, 0.5) is 0 Å². The zero-order valence-corrected chi connectivity index (χ0v) is 9.10. The van der Waals surface area contributed by atoms with Crippen LogP contribution < -0.4 is 5.73 Å². The van der Waals surface area contributed by atoms with Gasteiger partial charge in [0.15, 0.2) is 0 Å². The topological polar surface area (TPSA) is 66.6 Å². The van der Waals surface area contributed by atoms with Crippen molar-refractivity contribution >= 4 is 5.91 Å². The molecule has 1 unspecified atom stereocenters. The Hall–Kier alpha value is -1.55. The maximum absolute atomic E-state index is 11.5. The third kappa shape index (κ3) is 2.17. The monoisotopic (exact) mass is 220 g/mol. The maximum Gasteiger partial charge on any atom is 0.239 e. The molecule has 0 aliphatic carbocycles. The van der Waals surface area contributed by atoms with Gasteiger partial charge in [-0.05, 0) is 43.6 Å². The Kier molecular flexibility index (Phi) is 3.10. The molecule has 3 N–H and O–H groups in total. The average molecular weight is 220 g/mol. The zero-order chi connectivity index (χ0) is 11.5. The number of primary amides is 1. The van der Waals surface area contributed by atoms with E-state index in [-0.39, 0.29) is 17.7 Å². The highest BCUT2D eigenvalue weighted by Gasteiger charge is 2.27. The highest BCUT2D eigenvalue weighted by molar-refractivity contribution is 5.81. The van der Waals surface area contributed by atoms with Gasteiger partial charge in [0.25, 0.3) is 0 Å². The van der Waals surface area contributed by atoms with Gasteiger partial charge in [-0.25, -0.2) is 0 Å². The second-order valence-corrected chi connectivity index (χ2v) is 4.14. The van der Waals surface area contributed by atoms with Gasteiger partial charge < -0.3 is 10.8 Å². The third-order valence-electron chi connectivity index (χ3n) is 2.98. The van der Waals surface area contributed by atoms with Gasteiger partial charge in [0, 0.05) is 0 Å². The number of phenolic OH excluding ortho intramolecular Hbond substituents is 1. The van der Waals surface area contributed by atoms with Gasteiger partial charge in [0.2, 0.25) is 5.91 Å². The van der Waals surface area contributed by atoms with E-state index in [1.54, 1.807) is 24.3 Å². The summed E-state index contributed by atoms with van der Waals surface area (Å²) in [6.45, 7) is 1.82. The summed E-state index contributed by atoms with van der Waals surface area (Å²) in [7, 11) is 0. The van der Waals surface area contributed by atoms with Crippen molar-refractivity contribution in [3.63, 3.8) is 0 Å². The normalized spacial score (nSPS) is 18.5. The number of aromatic hydroxyl groups is 1. The molecule has 1 atom stereocenters. The number of rotatable bonds is 3. The van der Waals surface area contributed by atoms with Gasteiger partial charge in [-0.2, -0.15) is 0 Å². The standard InChI is InChI=1S/C12H16N2O2/c13-12(16)11(14-7-1-2-8-14)9-3-5-10(15)6-4-9/h3-6,11,15H,1-2,7-8H2,(H2,13,16). The summed E-state index contributed by atoms with van der Waals surface area (Å²) in [4.78, 5) is 13.6. The lowest BCUT2D eigenvalue weighted by molar-refractivity contribution is -0.123. The van der Waals surface area contributed by atoms with E-state index in [9.17, 15) is 9.90 Å². The summed E-state index contributed by atoms with van der Waals surface area (Å²) in [5.41, 5.74) is 6.30. The number of hydrogen-bond acceptors (Lipinski definition) is 3. The van der Waals surface area contributed by atoms with E-state index in [2.05, 4.69) is 4.90 Å². The van der Waals surface area contributed by atoms with Crippen molar-refractivity contribution < 1.29 is 9.90 Å². The SMILES string of the molecule is NC(=O)C(c1ccc(O)cc1)N1CCCC1. The van der Waals surface area contributed by atoms with Crippen LogP contribution in [0.15, 0.2) is 24.3 Å². The number of amides is 1. The molecule has 1 aromatic carbocycles. The van der Waals surface area contributed by atoms with Gasteiger partial charge in [0.05, 0.1) is 0 Å². The van der Waals surface area contributed by atoms with Gasteiger partial charge in [-0.3, -0.25) is 9.69 Å². The number of carbonyl (C=O) groups excluding carboxylic acids is 1. The van der Waals surface area contributed by atoms with E-state index >= 15 is 0 Å². The van der Waals surface area contributed by atoms with Crippen molar-refractivity contribution in [1.82, 2.24) is 4.90 Å². The minimum absolute atomic E-state index is 0.202. The Labute approximate surface area is 94.7 Å². The zero-order valence-electron chi connectivity index (χ0n) is 9.10. The molecule has 16 heavy (non-hydrogen) atoms. The smallest absolute Gasteiger partial charge is 0.239 e. The lowest BCUT2D eigenvalue weighted by atomic mass is 10.1. The van der Waals surface area contributed by atoms with Gasteiger partial charge >= 0.3 is 0 Å². The number of benzene rings is 1. The summed E-state index contributed by atoms with van der Waals surface area (Å²) in [5.74, 6) is -0.124. The van der Waals surface area contributed by atoms with Crippen molar-refractivity contribution in [2.45, 2.75) is 18.9 Å². The molecule has 4 nitrogen and oxygen atoms in total. The van der Waals surface area contributed by atoms with Crippen molar-refractivity contribution in [3.05, 3.63) is 29.8 Å². The van der Waals surface area contributed by atoms with Gasteiger partial charge in [0.1, 0.15) is 11.8 Å². The predicted octanol–water partition coefficient (Wildman–Crippen LogP) is 1.01.